The number of pyridine rings is 1. The Bertz CT molecular complexity index is 363. The van der Waals surface area contributed by atoms with Crippen LogP contribution in [-0.2, 0) is 4.74 Å². The number of hydrogen-bond acceptors (Lipinski definition) is 4. The highest BCUT2D eigenvalue weighted by Gasteiger charge is 2.18. The normalized spacial score (nSPS) is 19.3. The second-order valence-corrected chi connectivity index (χ2v) is 3.43. The summed E-state index contributed by atoms with van der Waals surface area (Å²) in [4.78, 5) is 15.0. The van der Waals surface area contributed by atoms with Crippen LogP contribution in [0.4, 0.5) is 5.69 Å². The van der Waals surface area contributed by atoms with Gasteiger partial charge in [0.25, 0.3) is 5.91 Å². The van der Waals surface area contributed by atoms with E-state index in [1.807, 2.05) is 0 Å². The minimum atomic E-state index is -0.521. The van der Waals surface area contributed by atoms with Crippen LogP contribution in [0.15, 0.2) is 18.3 Å². The molecule has 1 saturated heterocycles. The molecule has 5 heteroatoms. The first-order valence-electron chi connectivity index (χ1n) is 4.87. The van der Waals surface area contributed by atoms with Crippen LogP contribution >= 0.6 is 0 Å². The van der Waals surface area contributed by atoms with Gasteiger partial charge in [0, 0.05) is 19.3 Å². The molecule has 80 valence electrons. The van der Waals surface area contributed by atoms with E-state index in [0.29, 0.717) is 12.2 Å². The Kier molecular flexibility index (Phi) is 2.82. The van der Waals surface area contributed by atoms with Crippen molar-refractivity contribution in [3.8, 4) is 0 Å². The number of carbonyl (C=O) groups excluding carboxylic acids is 1. The quantitative estimate of drug-likeness (QED) is 0.748. The molecule has 1 aliphatic heterocycles. The van der Waals surface area contributed by atoms with E-state index in [2.05, 4.69) is 10.3 Å². The minimum absolute atomic E-state index is 0.242. The molecule has 2 heterocycles. The van der Waals surface area contributed by atoms with Gasteiger partial charge in [-0.2, -0.15) is 0 Å². The standard InChI is InChI=1S/C10H13N3O2/c11-10(14)9-8(2-1-4-12-9)13-6-7-3-5-15-7/h1-2,4,7,13H,3,5-6H2,(H2,11,14)/t7-/m1/s1. The van der Waals surface area contributed by atoms with E-state index in [9.17, 15) is 4.79 Å². The van der Waals surface area contributed by atoms with Gasteiger partial charge in [-0.3, -0.25) is 4.79 Å². The summed E-state index contributed by atoms with van der Waals surface area (Å²) in [6.45, 7) is 1.51. The molecule has 0 unspecified atom stereocenters. The first-order valence-corrected chi connectivity index (χ1v) is 4.87. The summed E-state index contributed by atoms with van der Waals surface area (Å²) < 4.78 is 5.25. The fourth-order valence-electron chi connectivity index (χ4n) is 1.41. The number of amides is 1. The number of aromatic nitrogens is 1. The summed E-state index contributed by atoms with van der Waals surface area (Å²) in [5.74, 6) is -0.521. The highest BCUT2D eigenvalue weighted by Crippen LogP contribution is 2.15. The number of anilines is 1. The zero-order valence-corrected chi connectivity index (χ0v) is 8.27. The van der Waals surface area contributed by atoms with E-state index in [1.54, 1.807) is 18.3 Å². The molecule has 0 spiro atoms. The number of nitrogens with two attached hydrogens (primary N) is 1. The third kappa shape index (κ3) is 2.24. The van der Waals surface area contributed by atoms with Gasteiger partial charge in [-0.05, 0) is 18.6 Å². The summed E-state index contributed by atoms with van der Waals surface area (Å²) >= 11 is 0. The van der Waals surface area contributed by atoms with Gasteiger partial charge in [0.2, 0.25) is 0 Å². The topological polar surface area (TPSA) is 77.2 Å². The molecule has 1 aromatic heterocycles. The Labute approximate surface area is 87.6 Å². The molecule has 0 bridgehead atoms. The Morgan fingerprint density at radius 2 is 2.53 bits per heavy atom. The molecule has 1 amide bonds. The van der Waals surface area contributed by atoms with Crippen LogP contribution in [-0.4, -0.2) is 30.1 Å². The average molecular weight is 207 g/mol. The van der Waals surface area contributed by atoms with Crippen LogP contribution < -0.4 is 11.1 Å². The summed E-state index contributed by atoms with van der Waals surface area (Å²) in [6.07, 6.45) is 2.84. The fourth-order valence-corrected chi connectivity index (χ4v) is 1.41. The van der Waals surface area contributed by atoms with Crippen LogP contribution in [0, 0.1) is 0 Å². The van der Waals surface area contributed by atoms with Crippen molar-refractivity contribution >= 4 is 11.6 Å². The molecule has 3 N–H and O–H groups in total. The average Bonchev–Trinajstić information content (AvgIpc) is 2.16. The van der Waals surface area contributed by atoms with Gasteiger partial charge in [0.15, 0.2) is 5.69 Å². The van der Waals surface area contributed by atoms with Crippen molar-refractivity contribution in [1.29, 1.82) is 0 Å². The first-order chi connectivity index (χ1) is 7.27. The summed E-state index contributed by atoms with van der Waals surface area (Å²) in [5, 5.41) is 3.11. The first kappa shape index (κ1) is 9.92. The number of nitrogens with zero attached hydrogens (tertiary/aromatic N) is 1. The predicted octanol–water partition coefficient (Wildman–Crippen LogP) is 0.381. The van der Waals surface area contributed by atoms with E-state index in [-0.39, 0.29) is 11.8 Å². The van der Waals surface area contributed by atoms with Crippen LogP contribution in [0.3, 0.4) is 0 Å². The van der Waals surface area contributed by atoms with Gasteiger partial charge in [-0.25, -0.2) is 4.98 Å². The number of rotatable bonds is 4. The third-order valence-corrected chi connectivity index (χ3v) is 2.35. The minimum Gasteiger partial charge on any atom is -0.381 e. The van der Waals surface area contributed by atoms with Crippen molar-refractivity contribution in [1.82, 2.24) is 4.98 Å². The van der Waals surface area contributed by atoms with Gasteiger partial charge in [-0.1, -0.05) is 0 Å². The largest absolute Gasteiger partial charge is 0.381 e. The lowest BCUT2D eigenvalue weighted by Crippen LogP contribution is -2.34. The summed E-state index contributed by atoms with van der Waals surface area (Å²) in [6, 6.07) is 3.54. The molecule has 5 nitrogen and oxygen atoms in total. The zero-order chi connectivity index (χ0) is 10.7. The zero-order valence-electron chi connectivity index (χ0n) is 8.27. The maximum absolute atomic E-state index is 11.0. The maximum Gasteiger partial charge on any atom is 0.269 e. The molecular weight excluding hydrogens is 194 g/mol. The van der Waals surface area contributed by atoms with E-state index in [4.69, 9.17) is 10.5 Å². The van der Waals surface area contributed by atoms with Crippen molar-refractivity contribution in [2.75, 3.05) is 18.5 Å². The van der Waals surface area contributed by atoms with Crippen molar-refractivity contribution in [2.45, 2.75) is 12.5 Å². The number of carbonyl (C=O) groups is 1. The van der Waals surface area contributed by atoms with Crippen molar-refractivity contribution in [2.24, 2.45) is 5.73 Å². The highest BCUT2D eigenvalue weighted by molar-refractivity contribution is 5.96. The van der Waals surface area contributed by atoms with Crippen LogP contribution in [0.2, 0.25) is 0 Å². The van der Waals surface area contributed by atoms with Crippen molar-refractivity contribution < 1.29 is 9.53 Å². The lowest BCUT2D eigenvalue weighted by atomic mass is 10.2. The van der Waals surface area contributed by atoms with E-state index in [1.165, 1.54) is 0 Å². The second-order valence-electron chi connectivity index (χ2n) is 3.43. The number of ether oxygens (including phenoxy) is 1. The third-order valence-electron chi connectivity index (χ3n) is 2.35. The molecule has 2 rings (SSSR count). The molecule has 0 aliphatic carbocycles. The Balaban J connectivity index is 2.02. The van der Waals surface area contributed by atoms with Gasteiger partial charge < -0.3 is 15.8 Å². The van der Waals surface area contributed by atoms with Crippen LogP contribution in [0.25, 0.3) is 0 Å². The Morgan fingerprint density at radius 1 is 1.73 bits per heavy atom. The number of primary amides is 1. The molecule has 0 radical (unpaired) electrons. The maximum atomic E-state index is 11.0. The second kappa shape index (κ2) is 4.27. The van der Waals surface area contributed by atoms with Crippen LogP contribution in [0.5, 0.6) is 0 Å². The molecule has 1 fully saturated rings. The number of nitrogens with one attached hydrogen (secondary N) is 1. The summed E-state index contributed by atoms with van der Waals surface area (Å²) in [7, 11) is 0. The van der Waals surface area contributed by atoms with Crippen molar-refractivity contribution in [3.05, 3.63) is 24.0 Å². The molecule has 1 atom stereocenters. The summed E-state index contributed by atoms with van der Waals surface area (Å²) in [5.41, 5.74) is 6.14. The van der Waals surface area contributed by atoms with Gasteiger partial charge >= 0.3 is 0 Å². The fraction of sp³-hybridized carbons (Fsp3) is 0.400. The van der Waals surface area contributed by atoms with Gasteiger partial charge in [-0.15, -0.1) is 0 Å². The highest BCUT2D eigenvalue weighted by atomic mass is 16.5. The van der Waals surface area contributed by atoms with E-state index in [0.717, 1.165) is 13.0 Å². The SMILES string of the molecule is NC(=O)c1ncccc1NC[C@H]1CCO1. The van der Waals surface area contributed by atoms with Gasteiger partial charge in [0.1, 0.15) is 0 Å². The smallest absolute Gasteiger partial charge is 0.269 e. The van der Waals surface area contributed by atoms with E-state index < -0.39 is 5.91 Å². The Morgan fingerprint density at radius 3 is 3.13 bits per heavy atom. The molecule has 1 aliphatic rings. The molecular formula is C10H13N3O2. The molecule has 15 heavy (non-hydrogen) atoms. The lowest BCUT2D eigenvalue weighted by molar-refractivity contribution is -0.0410. The van der Waals surface area contributed by atoms with Crippen LogP contribution in [0.1, 0.15) is 16.9 Å². The lowest BCUT2D eigenvalue weighted by Gasteiger charge is -2.27. The number of hydrogen-bond donors (Lipinski definition) is 2. The molecule has 0 saturated carbocycles. The van der Waals surface area contributed by atoms with Crippen molar-refractivity contribution in [3.63, 3.8) is 0 Å². The molecule has 0 aromatic carbocycles. The van der Waals surface area contributed by atoms with Gasteiger partial charge in [0.05, 0.1) is 11.8 Å². The Hall–Kier alpha value is -1.62. The van der Waals surface area contributed by atoms with E-state index >= 15 is 0 Å². The molecule has 1 aromatic rings. The predicted molar refractivity (Wildman–Crippen MR) is 55.6 cm³/mol. The monoisotopic (exact) mass is 207 g/mol.